The Morgan fingerprint density at radius 2 is 1.50 bits per heavy atom. The van der Waals surface area contributed by atoms with Crippen molar-refractivity contribution in [3.05, 3.63) is 83.0 Å². The fourth-order valence-electron chi connectivity index (χ4n) is 2.34. The largest absolute Gasteiger partial charge is 0.283 e. The lowest BCUT2D eigenvalue weighted by molar-refractivity contribution is 0.599. The van der Waals surface area contributed by atoms with Gasteiger partial charge in [0.25, 0.3) is 10.0 Å². The number of pyridine rings is 1. The molecule has 10 heteroatoms. The van der Waals surface area contributed by atoms with Gasteiger partial charge in [-0.2, -0.15) is 0 Å². The minimum atomic E-state index is -3.82. The van der Waals surface area contributed by atoms with Gasteiger partial charge in [-0.25, -0.2) is 21.8 Å². The summed E-state index contributed by atoms with van der Waals surface area (Å²) < 4.78 is 55.0. The van der Waals surface area contributed by atoms with E-state index in [9.17, 15) is 16.8 Å². The molecule has 1 aromatic heterocycles. The molecule has 0 amide bonds. The Hall–Kier alpha value is -2.43. The van der Waals surface area contributed by atoms with Crippen molar-refractivity contribution in [2.24, 2.45) is 0 Å². The Kier molecular flexibility index (Phi) is 6.01. The number of sulfonamides is 2. The summed E-state index contributed by atoms with van der Waals surface area (Å²) in [7, 11) is -7.46. The van der Waals surface area contributed by atoms with Crippen LogP contribution in [0, 0.1) is 0 Å². The van der Waals surface area contributed by atoms with E-state index in [2.05, 4.69) is 30.4 Å². The molecular weight excluding hydrogens is 466 g/mol. The van der Waals surface area contributed by atoms with Gasteiger partial charge in [0.05, 0.1) is 10.6 Å². The van der Waals surface area contributed by atoms with Crippen LogP contribution < -0.4 is 9.44 Å². The van der Waals surface area contributed by atoms with Crippen molar-refractivity contribution >= 4 is 47.5 Å². The Bertz CT molecular complexity index is 1150. The summed E-state index contributed by atoms with van der Waals surface area (Å²) in [6, 6.07) is 17.2. The maximum absolute atomic E-state index is 12.4. The fraction of sp³-hybridized carbons (Fsp3) is 0.0556. The van der Waals surface area contributed by atoms with Crippen molar-refractivity contribution in [1.29, 1.82) is 0 Å². The zero-order chi connectivity index (χ0) is 20.2. The summed E-state index contributed by atoms with van der Waals surface area (Å²) in [5.41, 5.74) is 0.906. The SMILES string of the molecule is O=S(=O)(Cc1ccc(Br)cc1)Nc1ccc(S(=O)(=O)Nc2ccccn2)cc1. The molecule has 3 aromatic rings. The summed E-state index contributed by atoms with van der Waals surface area (Å²) in [6.45, 7) is 0. The molecule has 0 saturated heterocycles. The first-order valence-corrected chi connectivity index (χ1v) is 12.0. The van der Waals surface area contributed by atoms with Crippen molar-refractivity contribution in [1.82, 2.24) is 4.98 Å². The summed E-state index contributed by atoms with van der Waals surface area (Å²) in [5, 5.41) is 0. The summed E-state index contributed by atoms with van der Waals surface area (Å²) >= 11 is 3.30. The van der Waals surface area contributed by atoms with Crippen LogP contribution in [-0.4, -0.2) is 21.8 Å². The van der Waals surface area contributed by atoms with Gasteiger partial charge < -0.3 is 0 Å². The Balaban J connectivity index is 1.70. The van der Waals surface area contributed by atoms with E-state index in [1.165, 1.54) is 36.5 Å². The van der Waals surface area contributed by atoms with Gasteiger partial charge in [-0.3, -0.25) is 9.44 Å². The van der Waals surface area contributed by atoms with Gasteiger partial charge in [0.1, 0.15) is 5.82 Å². The number of hydrogen-bond donors (Lipinski definition) is 2. The van der Waals surface area contributed by atoms with Gasteiger partial charge in [-0.15, -0.1) is 0 Å². The first-order chi connectivity index (χ1) is 13.2. The molecule has 28 heavy (non-hydrogen) atoms. The van der Waals surface area contributed by atoms with Crippen molar-refractivity contribution < 1.29 is 16.8 Å². The quantitative estimate of drug-likeness (QED) is 0.536. The second-order valence-electron chi connectivity index (χ2n) is 5.83. The molecule has 0 bridgehead atoms. The average molecular weight is 482 g/mol. The molecule has 0 atom stereocenters. The van der Waals surface area contributed by atoms with Gasteiger partial charge >= 0.3 is 0 Å². The lowest BCUT2D eigenvalue weighted by atomic mass is 10.2. The number of nitrogens with one attached hydrogen (secondary N) is 2. The van der Waals surface area contributed by atoms with Crippen molar-refractivity contribution in [3.63, 3.8) is 0 Å². The van der Waals surface area contributed by atoms with Crippen molar-refractivity contribution in [3.8, 4) is 0 Å². The maximum atomic E-state index is 12.4. The van der Waals surface area contributed by atoms with Crippen LogP contribution in [0.25, 0.3) is 0 Å². The normalized spacial score (nSPS) is 11.8. The van der Waals surface area contributed by atoms with Crippen LogP contribution in [0.4, 0.5) is 11.5 Å². The first kappa shape index (κ1) is 20.3. The first-order valence-electron chi connectivity index (χ1n) is 8.02. The van der Waals surface area contributed by atoms with Gasteiger partial charge in [0.15, 0.2) is 0 Å². The summed E-state index contributed by atoms with van der Waals surface area (Å²) in [6.07, 6.45) is 1.47. The second kappa shape index (κ2) is 8.29. The fourth-order valence-corrected chi connectivity index (χ4v) is 4.81. The van der Waals surface area contributed by atoms with Crippen LogP contribution >= 0.6 is 15.9 Å². The topological polar surface area (TPSA) is 105 Å². The molecule has 2 N–H and O–H groups in total. The predicted molar refractivity (Wildman–Crippen MR) is 112 cm³/mol. The molecule has 0 spiro atoms. The third kappa shape index (κ3) is 5.54. The standard InChI is InChI=1S/C18H16BrN3O4S2/c19-15-6-4-14(5-7-15)13-27(23,24)21-16-8-10-17(11-9-16)28(25,26)22-18-3-1-2-12-20-18/h1-12,21H,13H2,(H,20,22). The molecule has 2 aromatic carbocycles. The maximum Gasteiger partial charge on any atom is 0.263 e. The van der Waals surface area contributed by atoms with E-state index >= 15 is 0 Å². The highest BCUT2D eigenvalue weighted by Gasteiger charge is 2.16. The average Bonchev–Trinajstić information content (AvgIpc) is 2.64. The van der Waals surface area contributed by atoms with E-state index < -0.39 is 20.0 Å². The number of hydrogen-bond acceptors (Lipinski definition) is 5. The molecule has 0 radical (unpaired) electrons. The minimum absolute atomic E-state index is 0.00555. The number of nitrogens with zero attached hydrogens (tertiary/aromatic N) is 1. The van der Waals surface area contributed by atoms with Gasteiger partial charge in [0.2, 0.25) is 10.0 Å². The second-order valence-corrected chi connectivity index (χ2v) is 10.2. The molecule has 0 aliphatic rings. The molecule has 3 rings (SSSR count). The molecule has 0 aliphatic heterocycles. The van der Waals surface area contributed by atoms with Crippen LogP contribution in [0.2, 0.25) is 0 Å². The van der Waals surface area contributed by atoms with Crippen LogP contribution in [0.1, 0.15) is 5.56 Å². The van der Waals surface area contributed by atoms with E-state index in [0.717, 1.165) is 4.47 Å². The minimum Gasteiger partial charge on any atom is -0.283 e. The summed E-state index contributed by atoms with van der Waals surface area (Å²) in [5.74, 6) is 0.00320. The lowest BCUT2D eigenvalue weighted by Crippen LogP contribution is -2.16. The number of aromatic nitrogens is 1. The monoisotopic (exact) mass is 481 g/mol. The number of halogens is 1. The van der Waals surface area contributed by atoms with Crippen LogP contribution in [0.5, 0.6) is 0 Å². The molecule has 7 nitrogen and oxygen atoms in total. The smallest absolute Gasteiger partial charge is 0.263 e. The number of benzene rings is 2. The molecule has 0 aliphatic carbocycles. The number of anilines is 2. The van der Waals surface area contributed by atoms with E-state index in [-0.39, 0.29) is 22.2 Å². The Morgan fingerprint density at radius 1 is 0.821 bits per heavy atom. The summed E-state index contributed by atoms with van der Waals surface area (Å²) in [4.78, 5) is 3.91. The van der Waals surface area contributed by atoms with E-state index in [1.807, 2.05) is 0 Å². The van der Waals surface area contributed by atoms with Gasteiger partial charge in [0, 0.05) is 16.4 Å². The number of rotatable bonds is 7. The van der Waals surface area contributed by atoms with E-state index in [1.54, 1.807) is 36.4 Å². The highest BCUT2D eigenvalue weighted by atomic mass is 79.9. The molecule has 146 valence electrons. The van der Waals surface area contributed by atoms with Crippen LogP contribution in [-0.2, 0) is 25.8 Å². The highest BCUT2D eigenvalue weighted by molar-refractivity contribution is 9.10. The van der Waals surface area contributed by atoms with Crippen LogP contribution in [0.15, 0.2) is 82.3 Å². The molecule has 0 fully saturated rings. The predicted octanol–water partition coefficient (Wildman–Crippen LogP) is 3.59. The lowest BCUT2D eigenvalue weighted by Gasteiger charge is -2.10. The zero-order valence-corrected chi connectivity index (χ0v) is 17.6. The van der Waals surface area contributed by atoms with Gasteiger partial charge in [-0.05, 0) is 54.1 Å². The van der Waals surface area contributed by atoms with Crippen molar-refractivity contribution in [2.75, 3.05) is 9.44 Å². The third-order valence-electron chi connectivity index (χ3n) is 3.61. The Morgan fingerprint density at radius 3 is 2.11 bits per heavy atom. The van der Waals surface area contributed by atoms with Crippen molar-refractivity contribution in [2.45, 2.75) is 10.6 Å². The van der Waals surface area contributed by atoms with Crippen LogP contribution in [0.3, 0.4) is 0 Å². The highest BCUT2D eigenvalue weighted by Crippen LogP contribution is 2.19. The molecule has 0 saturated carbocycles. The Labute approximate surface area is 172 Å². The van der Waals surface area contributed by atoms with Gasteiger partial charge in [-0.1, -0.05) is 34.1 Å². The molecule has 1 heterocycles. The molecular formula is C18H16BrN3O4S2. The van der Waals surface area contributed by atoms with E-state index in [0.29, 0.717) is 5.56 Å². The molecule has 0 unspecified atom stereocenters. The third-order valence-corrected chi connectivity index (χ3v) is 6.77. The zero-order valence-electron chi connectivity index (χ0n) is 14.4. The van der Waals surface area contributed by atoms with E-state index in [4.69, 9.17) is 0 Å².